The van der Waals surface area contributed by atoms with Crippen LogP contribution < -0.4 is 4.90 Å². The Balaban J connectivity index is 1.35. The Bertz CT molecular complexity index is 849. The number of anilines is 1. The van der Waals surface area contributed by atoms with Crippen molar-refractivity contribution in [2.75, 3.05) is 31.6 Å². The molecule has 0 bridgehead atoms. The number of para-hydroxylation sites is 3. The van der Waals surface area contributed by atoms with Gasteiger partial charge in [0.1, 0.15) is 5.52 Å². The third-order valence-corrected chi connectivity index (χ3v) is 5.08. The SMILES string of the molecule is CN(CC(=O)N1CCC(c2nc3ccccc3o2)CC1)c1ccccc1. The molecule has 0 N–H and O–H groups in total. The molecule has 134 valence electrons. The number of carbonyl (C=O) groups is 1. The van der Waals surface area contributed by atoms with E-state index in [4.69, 9.17) is 4.42 Å². The molecule has 5 heteroatoms. The fourth-order valence-corrected chi connectivity index (χ4v) is 3.52. The minimum Gasteiger partial charge on any atom is -0.440 e. The number of likely N-dealkylation sites (N-methyl/N-ethyl adjacent to an activating group) is 1. The zero-order valence-corrected chi connectivity index (χ0v) is 15.0. The lowest BCUT2D eigenvalue weighted by Gasteiger charge is -2.32. The van der Waals surface area contributed by atoms with E-state index < -0.39 is 0 Å². The number of oxazole rings is 1. The number of likely N-dealkylation sites (tertiary alicyclic amines) is 1. The number of hydrogen-bond acceptors (Lipinski definition) is 4. The Kier molecular flexibility index (Phi) is 4.61. The highest BCUT2D eigenvalue weighted by atomic mass is 16.3. The van der Waals surface area contributed by atoms with Gasteiger partial charge in [-0.1, -0.05) is 30.3 Å². The fourth-order valence-electron chi connectivity index (χ4n) is 3.52. The van der Waals surface area contributed by atoms with Crippen molar-refractivity contribution >= 4 is 22.7 Å². The van der Waals surface area contributed by atoms with Crippen molar-refractivity contribution in [3.8, 4) is 0 Å². The summed E-state index contributed by atoms with van der Waals surface area (Å²) in [5.74, 6) is 1.27. The number of fused-ring (bicyclic) bond motifs is 1. The van der Waals surface area contributed by atoms with Crippen molar-refractivity contribution in [3.63, 3.8) is 0 Å². The molecule has 0 aliphatic carbocycles. The van der Waals surface area contributed by atoms with Gasteiger partial charge in [0.25, 0.3) is 0 Å². The summed E-state index contributed by atoms with van der Waals surface area (Å²) in [6, 6.07) is 17.9. The van der Waals surface area contributed by atoms with E-state index in [9.17, 15) is 4.79 Å². The molecule has 1 aliphatic heterocycles. The predicted molar refractivity (Wildman–Crippen MR) is 102 cm³/mol. The molecule has 5 nitrogen and oxygen atoms in total. The van der Waals surface area contributed by atoms with Crippen molar-refractivity contribution in [3.05, 3.63) is 60.5 Å². The smallest absolute Gasteiger partial charge is 0.242 e. The van der Waals surface area contributed by atoms with Gasteiger partial charge in [-0.15, -0.1) is 0 Å². The van der Waals surface area contributed by atoms with Crippen LogP contribution in [0.1, 0.15) is 24.7 Å². The van der Waals surface area contributed by atoms with Gasteiger partial charge >= 0.3 is 0 Å². The van der Waals surface area contributed by atoms with Crippen LogP contribution in [0.5, 0.6) is 0 Å². The average Bonchev–Trinajstić information content (AvgIpc) is 3.13. The van der Waals surface area contributed by atoms with Gasteiger partial charge in [0.05, 0.1) is 6.54 Å². The third-order valence-electron chi connectivity index (χ3n) is 5.08. The summed E-state index contributed by atoms with van der Waals surface area (Å²) in [6.45, 7) is 1.91. The molecule has 1 aromatic heterocycles. The second-order valence-electron chi connectivity index (χ2n) is 6.87. The van der Waals surface area contributed by atoms with E-state index in [1.807, 2.05) is 71.4 Å². The third kappa shape index (κ3) is 3.43. The molecule has 0 saturated carbocycles. The standard InChI is InChI=1S/C21H23N3O2/c1-23(17-7-3-2-4-8-17)15-20(25)24-13-11-16(12-14-24)21-22-18-9-5-6-10-19(18)26-21/h2-10,16H,11-15H2,1H3. The lowest BCUT2D eigenvalue weighted by atomic mass is 9.97. The Morgan fingerprint density at radius 1 is 1.12 bits per heavy atom. The molecular weight excluding hydrogens is 326 g/mol. The second-order valence-corrected chi connectivity index (χ2v) is 6.87. The van der Waals surface area contributed by atoms with Crippen LogP contribution in [0.2, 0.25) is 0 Å². The molecule has 2 heterocycles. The van der Waals surface area contributed by atoms with Crippen LogP contribution in [0.4, 0.5) is 5.69 Å². The van der Waals surface area contributed by atoms with Gasteiger partial charge in [0.2, 0.25) is 5.91 Å². The number of amides is 1. The maximum absolute atomic E-state index is 12.6. The summed E-state index contributed by atoms with van der Waals surface area (Å²) in [5.41, 5.74) is 2.80. The summed E-state index contributed by atoms with van der Waals surface area (Å²) >= 11 is 0. The minimum atomic E-state index is 0.173. The highest BCUT2D eigenvalue weighted by Crippen LogP contribution is 2.30. The summed E-state index contributed by atoms with van der Waals surface area (Å²) in [6.07, 6.45) is 1.79. The van der Waals surface area contributed by atoms with E-state index >= 15 is 0 Å². The lowest BCUT2D eigenvalue weighted by molar-refractivity contribution is -0.130. The molecule has 26 heavy (non-hydrogen) atoms. The van der Waals surface area contributed by atoms with Gasteiger partial charge < -0.3 is 14.2 Å². The first kappa shape index (κ1) is 16.6. The topological polar surface area (TPSA) is 49.6 Å². The monoisotopic (exact) mass is 349 g/mol. The van der Waals surface area contributed by atoms with E-state index in [2.05, 4.69) is 4.98 Å². The van der Waals surface area contributed by atoms with Crippen LogP contribution in [-0.4, -0.2) is 42.5 Å². The van der Waals surface area contributed by atoms with E-state index in [1.54, 1.807) is 0 Å². The number of benzene rings is 2. The molecule has 0 radical (unpaired) electrons. The zero-order valence-electron chi connectivity index (χ0n) is 15.0. The molecule has 1 aliphatic rings. The second kappa shape index (κ2) is 7.20. The van der Waals surface area contributed by atoms with Gasteiger partial charge in [0.15, 0.2) is 11.5 Å². The number of rotatable bonds is 4. The quantitative estimate of drug-likeness (QED) is 0.721. The highest BCUT2D eigenvalue weighted by molar-refractivity contribution is 5.81. The van der Waals surface area contributed by atoms with E-state index in [0.29, 0.717) is 12.5 Å². The molecule has 2 aromatic carbocycles. The molecule has 1 fully saturated rings. The minimum absolute atomic E-state index is 0.173. The molecule has 0 spiro atoms. The van der Waals surface area contributed by atoms with Crippen molar-refractivity contribution in [1.82, 2.24) is 9.88 Å². The van der Waals surface area contributed by atoms with Crippen LogP contribution >= 0.6 is 0 Å². The Morgan fingerprint density at radius 2 is 1.81 bits per heavy atom. The predicted octanol–water partition coefficient (Wildman–Crippen LogP) is 3.67. The summed E-state index contributed by atoms with van der Waals surface area (Å²) in [7, 11) is 1.96. The molecular formula is C21H23N3O2. The van der Waals surface area contributed by atoms with E-state index in [0.717, 1.165) is 48.6 Å². The normalized spacial score (nSPS) is 15.3. The summed E-state index contributed by atoms with van der Waals surface area (Å²) < 4.78 is 5.90. The van der Waals surface area contributed by atoms with Gasteiger partial charge in [-0.05, 0) is 37.1 Å². The van der Waals surface area contributed by atoms with Crippen LogP contribution in [0, 0.1) is 0 Å². The molecule has 4 rings (SSSR count). The van der Waals surface area contributed by atoms with Gasteiger partial charge in [-0.3, -0.25) is 4.79 Å². The average molecular weight is 349 g/mol. The maximum Gasteiger partial charge on any atom is 0.242 e. The molecule has 1 saturated heterocycles. The Hall–Kier alpha value is -2.82. The largest absolute Gasteiger partial charge is 0.440 e. The van der Waals surface area contributed by atoms with Crippen molar-refractivity contribution < 1.29 is 9.21 Å². The lowest BCUT2D eigenvalue weighted by Crippen LogP contribution is -2.43. The van der Waals surface area contributed by atoms with Gasteiger partial charge in [-0.2, -0.15) is 0 Å². The molecule has 0 atom stereocenters. The fraction of sp³-hybridized carbons (Fsp3) is 0.333. The van der Waals surface area contributed by atoms with Gasteiger partial charge in [0, 0.05) is 31.7 Å². The number of piperidine rings is 1. The van der Waals surface area contributed by atoms with Crippen molar-refractivity contribution in [2.45, 2.75) is 18.8 Å². The molecule has 1 amide bonds. The van der Waals surface area contributed by atoms with Crippen LogP contribution in [0.15, 0.2) is 59.0 Å². The molecule has 0 unspecified atom stereocenters. The Morgan fingerprint density at radius 3 is 2.54 bits per heavy atom. The van der Waals surface area contributed by atoms with Crippen LogP contribution in [0.3, 0.4) is 0 Å². The summed E-state index contributed by atoms with van der Waals surface area (Å²) in [4.78, 5) is 21.2. The van der Waals surface area contributed by atoms with Crippen molar-refractivity contribution in [1.29, 1.82) is 0 Å². The first-order valence-corrected chi connectivity index (χ1v) is 9.10. The van der Waals surface area contributed by atoms with E-state index in [-0.39, 0.29) is 5.91 Å². The number of carbonyl (C=O) groups excluding carboxylic acids is 1. The maximum atomic E-state index is 12.6. The van der Waals surface area contributed by atoms with Crippen molar-refractivity contribution in [2.24, 2.45) is 0 Å². The highest BCUT2D eigenvalue weighted by Gasteiger charge is 2.27. The van der Waals surface area contributed by atoms with E-state index in [1.165, 1.54) is 0 Å². The number of aromatic nitrogens is 1. The molecule has 3 aromatic rings. The first-order chi connectivity index (χ1) is 12.7. The number of hydrogen-bond donors (Lipinski definition) is 0. The van der Waals surface area contributed by atoms with Crippen LogP contribution in [-0.2, 0) is 4.79 Å². The number of nitrogens with zero attached hydrogens (tertiary/aromatic N) is 3. The van der Waals surface area contributed by atoms with Gasteiger partial charge in [-0.25, -0.2) is 4.98 Å². The Labute approximate surface area is 153 Å². The van der Waals surface area contributed by atoms with Crippen LogP contribution in [0.25, 0.3) is 11.1 Å². The summed E-state index contributed by atoms with van der Waals surface area (Å²) in [5, 5.41) is 0. The zero-order chi connectivity index (χ0) is 17.9. The first-order valence-electron chi connectivity index (χ1n) is 9.10.